The molecule has 144 valence electrons. The van der Waals surface area contributed by atoms with Crippen LogP contribution in [0, 0.1) is 18.3 Å². The molecule has 0 aliphatic heterocycles. The molecule has 3 heterocycles. The van der Waals surface area contributed by atoms with E-state index in [0.717, 1.165) is 32.5 Å². The molecule has 0 saturated heterocycles. The van der Waals surface area contributed by atoms with E-state index in [9.17, 15) is 10.1 Å². The second-order valence-electron chi connectivity index (χ2n) is 6.87. The van der Waals surface area contributed by atoms with Crippen LogP contribution in [-0.2, 0) is 0 Å². The van der Waals surface area contributed by atoms with Crippen molar-refractivity contribution < 1.29 is 0 Å². The third-order valence-corrected chi connectivity index (χ3v) is 6.22. The second kappa shape index (κ2) is 7.06. The Bertz CT molecular complexity index is 1560. The summed E-state index contributed by atoms with van der Waals surface area (Å²) >= 11 is 7.99. The maximum Gasteiger partial charge on any atom is 0.191 e. The SMILES string of the molecule is Cc1c(C#N)cccc1-c1nc2[nH]ccc(=O)c2cc1-c1cc(Cl)c2ncsc2c1. The van der Waals surface area contributed by atoms with Crippen molar-refractivity contribution in [3.63, 3.8) is 0 Å². The van der Waals surface area contributed by atoms with Crippen molar-refractivity contribution in [1.82, 2.24) is 15.0 Å². The molecule has 5 rings (SSSR count). The normalized spacial score (nSPS) is 11.1. The Balaban J connectivity index is 1.90. The van der Waals surface area contributed by atoms with Crippen molar-refractivity contribution in [2.75, 3.05) is 0 Å². The van der Waals surface area contributed by atoms with Gasteiger partial charge in [0.25, 0.3) is 0 Å². The Hall–Kier alpha value is -3.53. The lowest BCUT2D eigenvalue weighted by Gasteiger charge is -2.14. The van der Waals surface area contributed by atoms with Crippen LogP contribution >= 0.6 is 22.9 Å². The first-order valence-electron chi connectivity index (χ1n) is 9.12. The largest absolute Gasteiger partial charge is 0.346 e. The summed E-state index contributed by atoms with van der Waals surface area (Å²) < 4.78 is 0.952. The van der Waals surface area contributed by atoms with Gasteiger partial charge in [-0.1, -0.05) is 23.7 Å². The number of hydrogen-bond acceptors (Lipinski definition) is 5. The van der Waals surface area contributed by atoms with Crippen LogP contribution in [0.25, 0.3) is 43.6 Å². The van der Waals surface area contributed by atoms with E-state index in [4.69, 9.17) is 16.6 Å². The fourth-order valence-corrected chi connectivity index (χ4v) is 4.68. The molecule has 5 aromatic rings. The van der Waals surface area contributed by atoms with Gasteiger partial charge in [-0.3, -0.25) is 4.79 Å². The number of aromatic amines is 1. The van der Waals surface area contributed by atoms with E-state index in [0.29, 0.717) is 27.3 Å². The van der Waals surface area contributed by atoms with E-state index in [1.807, 2.05) is 37.3 Å². The highest BCUT2D eigenvalue weighted by molar-refractivity contribution is 7.16. The summed E-state index contributed by atoms with van der Waals surface area (Å²) in [6, 6.07) is 14.9. The number of nitrogens with zero attached hydrogens (tertiary/aromatic N) is 3. The van der Waals surface area contributed by atoms with Crippen molar-refractivity contribution in [3.8, 4) is 28.5 Å². The van der Waals surface area contributed by atoms with E-state index in [1.54, 1.807) is 17.8 Å². The van der Waals surface area contributed by atoms with Crippen LogP contribution in [0.3, 0.4) is 0 Å². The third-order valence-electron chi connectivity index (χ3n) is 5.15. The van der Waals surface area contributed by atoms with Gasteiger partial charge in [0.15, 0.2) is 5.43 Å². The smallest absolute Gasteiger partial charge is 0.191 e. The minimum atomic E-state index is -0.114. The Kier molecular flexibility index (Phi) is 4.35. The predicted octanol–water partition coefficient (Wildman–Crippen LogP) is 5.70. The quantitative estimate of drug-likeness (QED) is 0.391. The lowest BCUT2D eigenvalue weighted by Crippen LogP contribution is -2.04. The highest BCUT2D eigenvalue weighted by Crippen LogP contribution is 2.38. The van der Waals surface area contributed by atoms with Gasteiger partial charge in [-0.25, -0.2) is 9.97 Å². The van der Waals surface area contributed by atoms with E-state index >= 15 is 0 Å². The zero-order chi connectivity index (χ0) is 20.8. The molecule has 0 atom stereocenters. The summed E-state index contributed by atoms with van der Waals surface area (Å²) in [5.74, 6) is 0. The van der Waals surface area contributed by atoms with Gasteiger partial charge < -0.3 is 4.98 Å². The monoisotopic (exact) mass is 428 g/mol. The highest BCUT2D eigenvalue weighted by atomic mass is 35.5. The molecule has 0 aliphatic carbocycles. The molecule has 30 heavy (non-hydrogen) atoms. The van der Waals surface area contributed by atoms with Crippen LogP contribution in [0.1, 0.15) is 11.1 Å². The number of hydrogen-bond donors (Lipinski definition) is 1. The van der Waals surface area contributed by atoms with Gasteiger partial charge in [-0.05, 0) is 42.3 Å². The number of halogens is 1. The number of fused-ring (bicyclic) bond motifs is 2. The molecule has 2 aromatic carbocycles. The highest BCUT2D eigenvalue weighted by Gasteiger charge is 2.17. The molecule has 1 N–H and O–H groups in total. The number of pyridine rings is 2. The van der Waals surface area contributed by atoms with Crippen LogP contribution in [-0.4, -0.2) is 15.0 Å². The number of nitriles is 1. The Morgan fingerprint density at radius 1 is 1.17 bits per heavy atom. The minimum Gasteiger partial charge on any atom is -0.346 e. The van der Waals surface area contributed by atoms with Crippen LogP contribution in [0.5, 0.6) is 0 Å². The topological polar surface area (TPSA) is 82.4 Å². The van der Waals surface area contributed by atoms with Gasteiger partial charge in [-0.2, -0.15) is 5.26 Å². The summed E-state index contributed by atoms with van der Waals surface area (Å²) in [4.78, 5) is 24.6. The number of benzene rings is 2. The first kappa shape index (κ1) is 18.5. The number of aromatic nitrogens is 3. The summed E-state index contributed by atoms with van der Waals surface area (Å²) in [5, 5.41) is 10.5. The molecule has 0 unspecified atom stereocenters. The lowest BCUT2D eigenvalue weighted by molar-refractivity contribution is 1.27. The van der Waals surface area contributed by atoms with Crippen molar-refractivity contribution in [2.24, 2.45) is 0 Å². The van der Waals surface area contributed by atoms with Gasteiger partial charge in [0.2, 0.25) is 0 Å². The fraction of sp³-hybridized carbons (Fsp3) is 0.0435. The minimum absolute atomic E-state index is 0.114. The number of H-pyrrole nitrogens is 1. The Labute approximate surface area is 180 Å². The fourth-order valence-electron chi connectivity index (χ4n) is 3.62. The van der Waals surface area contributed by atoms with Crippen LogP contribution < -0.4 is 5.43 Å². The molecule has 0 radical (unpaired) electrons. The average Bonchev–Trinajstić information content (AvgIpc) is 3.23. The molecule has 0 fully saturated rings. The maximum atomic E-state index is 12.5. The molecule has 5 nitrogen and oxygen atoms in total. The number of thiazole rings is 1. The zero-order valence-corrected chi connectivity index (χ0v) is 17.3. The van der Waals surface area contributed by atoms with Gasteiger partial charge in [0.05, 0.1) is 43.5 Å². The van der Waals surface area contributed by atoms with Crippen LogP contribution in [0.4, 0.5) is 0 Å². The van der Waals surface area contributed by atoms with Crippen molar-refractivity contribution in [1.29, 1.82) is 5.26 Å². The van der Waals surface area contributed by atoms with E-state index in [1.165, 1.54) is 17.4 Å². The summed E-state index contributed by atoms with van der Waals surface area (Å²) in [7, 11) is 0. The number of rotatable bonds is 2. The molecule has 0 bridgehead atoms. The van der Waals surface area contributed by atoms with Crippen molar-refractivity contribution >= 4 is 44.2 Å². The Morgan fingerprint density at radius 2 is 2.03 bits per heavy atom. The first-order valence-corrected chi connectivity index (χ1v) is 10.4. The molecule has 3 aromatic heterocycles. The van der Waals surface area contributed by atoms with Gasteiger partial charge >= 0.3 is 0 Å². The molecule has 0 saturated carbocycles. The van der Waals surface area contributed by atoms with E-state index in [-0.39, 0.29) is 5.43 Å². The van der Waals surface area contributed by atoms with Crippen LogP contribution in [0.2, 0.25) is 5.02 Å². The second-order valence-corrected chi connectivity index (χ2v) is 8.16. The molecule has 0 spiro atoms. The van der Waals surface area contributed by atoms with Crippen molar-refractivity contribution in [2.45, 2.75) is 6.92 Å². The van der Waals surface area contributed by atoms with Gasteiger partial charge in [0, 0.05) is 23.4 Å². The summed E-state index contributed by atoms with van der Waals surface area (Å²) in [5.41, 5.74) is 7.42. The predicted molar refractivity (Wildman–Crippen MR) is 121 cm³/mol. The number of nitrogens with one attached hydrogen (secondary N) is 1. The molecule has 0 amide bonds. The van der Waals surface area contributed by atoms with Gasteiger partial charge in [0.1, 0.15) is 5.65 Å². The van der Waals surface area contributed by atoms with Gasteiger partial charge in [-0.15, -0.1) is 11.3 Å². The molecular formula is C23H13ClN4OS. The first-order chi connectivity index (χ1) is 14.6. The molecular weight excluding hydrogens is 416 g/mol. The maximum absolute atomic E-state index is 12.5. The summed E-state index contributed by atoms with van der Waals surface area (Å²) in [6.45, 7) is 1.90. The lowest BCUT2D eigenvalue weighted by atomic mass is 9.93. The van der Waals surface area contributed by atoms with E-state index < -0.39 is 0 Å². The molecule has 0 aliphatic rings. The molecule has 7 heteroatoms. The van der Waals surface area contributed by atoms with E-state index in [2.05, 4.69) is 16.0 Å². The van der Waals surface area contributed by atoms with Crippen molar-refractivity contribution in [3.05, 3.63) is 80.5 Å². The summed E-state index contributed by atoms with van der Waals surface area (Å²) in [6.07, 6.45) is 1.58. The average molecular weight is 429 g/mol. The standard InChI is InChI=1S/C23H13ClN4OS/c1-12-13(10-25)3-2-4-15(12)21-16(9-17-19(29)5-6-26-23(17)28-21)14-7-18(24)22-20(8-14)30-11-27-22/h2-9,11H,1H3,(H,26,28,29). The zero-order valence-electron chi connectivity index (χ0n) is 15.7. The third kappa shape index (κ3) is 2.88. The Morgan fingerprint density at radius 3 is 2.87 bits per heavy atom. The van der Waals surface area contributed by atoms with Crippen LogP contribution in [0.15, 0.2) is 59.0 Å².